The molecule has 0 radical (unpaired) electrons. The van der Waals surface area contributed by atoms with Gasteiger partial charge in [-0.05, 0) is 38.0 Å². The number of nitrogens with zero attached hydrogens (tertiary/aromatic N) is 1. The van der Waals surface area contributed by atoms with Crippen molar-refractivity contribution in [3.63, 3.8) is 0 Å². The highest BCUT2D eigenvalue weighted by atomic mass is 31.2. The monoisotopic (exact) mass is 349 g/mol. The number of hydrogen-bond donors (Lipinski definition) is 1. The number of hydrogen-bond acceptors (Lipinski definition) is 3. The third kappa shape index (κ3) is 4.23. The molecule has 5 nitrogen and oxygen atoms in total. The lowest BCUT2D eigenvalue weighted by Gasteiger charge is -2.15. The molecule has 2 aromatic rings. The first-order chi connectivity index (χ1) is 11.2. The van der Waals surface area contributed by atoms with Gasteiger partial charge in [0.1, 0.15) is 0 Å². The van der Waals surface area contributed by atoms with Crippen LogP contribution in [-0.4, -0.2) is 21.7 Å². The van der Waals surface area contributed by atoms with Crippen molar-refractivity contribution in [1.29, 1.82) is 0 Å². The van der Waals surface area contributed by atoms with Crippen LogP contribution in [0.5, 0.6) is 0 Å². The Labute approximate surface area is 142 Å². The molecule has 130 valence electrons. The van der Waals surface area contributed by atoms with Crippen molar-refractivity contribution in [3.05, 3.63) is 63.6 Å². The molecule has 0 aliphatic carbocycles. The summed E-state index contributed by atoms with van der Waals surface area (Å²) in [6.45, 7) is 7.29. The van der Waals surface area contributed by atoms with E-state index in [1.54, 1.807) is 26.1 Å². The fraction of sp³-hybridized carbons (Fsp3) is 0.389. The SMILES string of the molecule is Cc1c(C)n(-c2ccc(CCOP(=O)(O)C(C)C)cc2)ccc1=O. The average Bonchev–Trinajstić information content (AvgIpc) is 2.53. The van der Waals surface area contributed by atoms with Crippen LogP contribution in [-0.2, 0) is 15.5 Å². The predicted molar refractivity (Wildman–Crippen MR) is 96.1 cm³/mol. The molecular formula is C18H24NO4P. The van der Waals surface area contributed by atoms with E-state index in [9.17, 15) is 14.3 Å². The Kier molecular flexibility index (Phi) is 5.81. The van der Waals surface area contributed by atoms with E-state index >= 15 is 0 Å². The van der Waals surface area contributed by atoms with Crippen LogP contribution in [0.2, 0.25) is 0 Å². The summed E-state index contributed by atoms with van der Waals surface area (Å²) >= 11 is 0. The van der Waals surface area contributed by atoms with Gasteiger partial charge in [-0.2, -0.15) is 0 Å². The summed E-state index contributed by atoms with van der Waals surface area (Å²) in [5.74, 6) is 0. The van der Waals surface area contributed by atoms with Gasteiger partial charge in [0.2, 0.25) is 0 Å². The number of rotatable bonds is 6. The van der Waals surface area contributed by atoms with Gasteiger partial charge in [0.05, 0.1) is 12.3 Å². The standard InChI is InChI=1S/C18H24NO4P/c1-13(2)24(21,22)23-12-10-16-5-7-17(8-6-16)19-11-9-18(20)14(3)15(19)4/h5-9,11,13H,10,12H2,1-4H3,(H,21,22). The predicted octanol–water partition coefficient (Wildman–Crippen LogP) is 3.61. The minimum absolute atomic E-state index is 0.0381. The van der Waals surface area contributed by atoms with Crippen LogP contribution in [0.1, 0.15) is 30.7 Å². The van der Waals surface area contributed by atoms with Gasteiger partial charge in [0, 0.05) is 29.2 Å². The topological polar surface area (TPSA) is 68.5 Å². The van der Waals surface area contributed by atoms with Crippen molar-refractivity contribution >= 4 is 7.60 Å². The Morgan fingerprint density at radius 1 is 1.17 bits per heavy atom. The van der Waals surface area contributed by atoms with Gasteiger partial charge < -0.3 is 14.0 Å². The molecule has 0 amide bonds. The normalized spacial score (nSPS) is 13.9. The Hall–Kier alpha value is -1.68. The Morgan fingerprint density at radius 3 is 2.38 bits per heavy atom. The first-order valence-electron chi connectivity index (χ1n) is 7.97. The summed E-state index contributed by atoms with van der Waals surface area (Å²) in [6, 6.07) is 9.42. The third-order valence-corrected chi connectivity index (χ3v) is 6.04. The van der Waals surface area contributed by atoms with Gasteiger partial charge in [-0.25, -0.2) is 0 Å². The Balaban J connectivity index is 2.08. The zero-order valence-corrected chi connectivity index (χ0v) is 15.4. The summed E-state index contributed by atoms with van der Waals surface area (Å²) in [4.78, 5) is 21.3. The Morgan fingerprint density at radius 2 is 1.79 bits per heavy atom. The highest BCUT2D eigenvalue weighted by molar-refractivity contribution is 7.53. The minimum atomic E-state index is -3.51. The molecule has 1 unspecified atom stereocenters. The van der Waals surface area contributed by atoms with Crippen LogP contribution in [0, 0.1) is 13.8 Å². The molecule has 1 aromatic heterocycles. The second-order valence-corrected chi connectivity index (χ2v) is 8.59. The number of aromatic nitrogens is 1. The second-order valence-electron chi connectivity index (χ2n) is 6.17. The molecule has 1 atom stereocenters. The number of pyridine rings is 1. The smallest absolute Gasteiger partial charge is 0.324 e. The fourth-order valence-electron chi connectivity index (χ4n) is 2.28. The van der Waals surface area contributed by atoms with E-state index in [4.69, 9.17) is 4.52 Å². The van der Waals surface area contributed by atoms with Gasteiger partial charge in [0.25, 0.3) is 0 Å². The fourth-order valence-corrected chi connectivity index (χ4v) is 2.94. The minimum Gasteiger partial charge on any atom is -0.324 e. The van der Waals surface area contributed by atoms with Crippen LogP contribution in [0.25, 0.3) is 5.69 Å². The van der Waals surface area contributed by atoms with Crippen molar-refractivity contribution in [1.82, 2.24) is 4.57 Å². The summed E-state index contributed by atoms with van der Waals surface area (Å²) in [6.07, 6.45) is 2.34. The van der Waals surface area contributed by atoms with Gasteiger partial charge in [-0.15, -0.1) is 0 Å². The maximum atomic E-state index is 11.7. The molecule has 0 bridgehead atoms. The molecule has 0 aliphatic rings. The highest BCUT2D eigenvalue weighted by Gasteiger charge is 2.23. The highest BCUT2D eigenvalue weighted by Crippen LogP contribution is 2.46. The van der Waals surface area contributed by atoms with E-state index < -0.39 is 13.3 Å². The van der Waals surface area contributed by atoms with Crippen LogP contribution < -0.4 is 5.43 Å². The zero-order chi connectivity index (χ0) is 17.9. The van der Waals surface area contributed by atoms with Crippen LogP contribution in [0.3, 0.4) is 0 Å². The molecule has 1 aromatic carbocycles. The van der Waals surface area contributed by atoms with Gasteiger partial charge in [-0.1, -0.05) is 26.0 Å². The van der Waals surface area contributed by atoms with E-state index in [1.165, 1.54) is 0 Å². The lowest BCUT2D eigenvalue weighted by molar-refractivity contribution is 0.257. The van der Waals surface area contributed by atoms with Crippen molar-refractivity contribution in [3.8, 4) is 5.69 Å². The quantitative estimate of drug-likeness (QED) is 0.809. The maximum Gasteiger partial charge on any atom is 0.330 e. The summed E-state index contributed by atoms with van der Waals surface area (Å²) in [5, 5.41) is 0. The molecule has 6 heteroatoms. The molecule has 0 aliphatic heterocycles. The van der Waals surface area contributed by atoms with Gasteiger partial charge in [0.15, 0.2) is 5.43 Å². The van der Waals surface area contributed by atoms with E-state index in [0.29, 0.717) is 6.42 Å². The van der Waals surface area contributed by atoms with E-state index in [1.807, 2.05) is 42.7 Å². The molecule has 2 rings (SSSR count). The Bertz CT molecular complexity index is 809. The molecule has 0 spiro atoms. The van der Waals surface area contributed by atoms with Crippen molar-refractivity contribution in [2.45, 2.75) is 39.8 Å². The summed E-state index contributed by atoms with van der Waals surface area (Å²) in [7, 11) is -3.51. The van der Waals surface area contributed by atoms with Gasteiger partial charge >= 0.3 is 7.60 Å². The van der Waals surface area contributed by atoms with E-state index in [0.717, 1.165) is 22.5 Å². The van der Waals surface area contributed by atoms with Gasteiger partial charge in [-0.3, -0.25) is 9.36 Å². The second kappa shape index (κ2) is 7.47. The molecule has 24 heavy (non-hydrogen) atoms. The maximum absolute atomic E-state index is 11.7. The first kappa shape index (κ1) is 18.7. The molecule has 0 saturated heterocycles. The molecular weight excluding hydrogens is 325 g/mol. The first-order valence-corrected chi connectivity index (χ1v) is 9.62. The molecule has 0 saturated carbocycles. The van der Waals surface area contributed by atoms with Crippen LogP contribution in [0.4, 0.5) is 0 Å². The molecule has 0 fully saturated rings. The lowest BCUT2D eigenvalue weighted by atomic mass is 10.1. The molecule has 1 heterocycles. The lowest BCUT2D eigenvalue weighted by Crippen LogP contribution is -2.12. The van der Waals surface area contributed by atoms with E-state index in [-0.39, 0.29) is 12.0 Å². The summed E-state index contributed by atoms with van der Waals surface area (Å²) < 4.78 is 18.8. The van der Waals surface area contributed by atoms with Crippen molar-refractivity contribution in [2.24, 2.45) is 0 Å². The number of benzene rings is 1. The van der Waals surface area contributed by atoms with Crippen molar-refractivity contribution in [2.75, 3.05) is 6.61 Å². The third-order valence-electron chi connectivity index (χ3n) is 4.18. The van der Waals surface area contributed by atoms with Crippen LogP contribution in [0.15, 0.2) is 41.3 Å². The van der Waals surface area contributed by atoms with Crippen molar-refractivity contribution < 1.29 is 14.0 Å². The summed E-state index contributed by atoms with van der Waals surface area (Å²) in [5.41, 5.74) is 3.29. The molecule has 1 N–H and O–H groups in total. The zero-order valence-electron chi connectivity index (χ0n) is 14.5. The van der Waals surface area contributed by atoms with E-state index in [2.05, 4.69) is 0 Å². The largest absolute Gasteiger partial charge is 0.330 e. The van der Waals surface area contributed by atoms with Crippen LogP contribution >= 0.6 is 7.60 Å². The average molecular weight is 349 g/mol.